The van der Waals surface area contributed by atoms with E-state index in [9.17, 15) is 0 Å². The molecule has 0 spiro atoms. The van der Waals surface area contributed by atoms with E-state index in [0.717, 1.165) is 9.21 Å². The minimum atomic E-state index is 0.504. The maximum atomic E-state index is 5.95. The van der Waals surface area contributed by atoms with Gasteiger partial charge in [-0.05, 0) is 30.4 Å². The molecule has 1 aromatic rings. The molecular formula is C8H11ClN4S. The number of rotatable bonds is 2. The highest BCUT2D eigenvalue weighted by Gasteiger charge is 2.29. The number of hydrogen-bond donors (Lipinski definition) is 3. The Morgan fingerprint density at radius 2 is 2.36 bits per heavy atom. The molecule has 6 heteroatoms. The largest absolute Gasteiger partial charge is 0.321 e. The summed E-state index contributed by atoms with van der Waals surface area (Å²) < 4.78 is 0.748. The molecule has 1 aliphatic carbocycles. The topological polar surface area (TPSA) is 76.4 Å². The van der Waals surface area contributed by atoms with E-state index in [4.69, 9.17) is 23.3 Å². The summed E-state index contributed by atoms with van der Waals surface area (Å²) in [7, 11) is 0. The molecule has 1 heterocycles. The Bertz CT molecular complexity index is 369. The zero-order chi connectivity index (χ0) is 10.1. The maximum absolute atomic E-state index is 5.95. The molecule has 76 valence electrons. The van der Waals surface area contributed by atoms with Gasteiger partial charge in [-0.2, -0.15) is 5.10 Å². The lowest BCUT2D eigenvalue weighted by atomic mass is 10.1. The molecule has 0 bridgehead atoms. The highest BCUT2D eigenvalue weighted by atomic mass is 35.5. The standard InChI is InChI=1S/C8H11ClN4S/c9-6-3-5(4-1-2-4)7(14-6)8(12-10)13-11/h3-4H,1-2,10-11H2,(H,12,13). The second-order valence-electron chi connectivity index (χ2n) is 3.23. The van der Waals surface area contributed by atoms with Crippen molar-refractivity contribution in [1.82, 2.24) is 5.43 Å². The van der Waals surface area contributed by atoms with Crippen LogP contribution in [0.1, 0.15) is 29.2 Å². The van der Waals surface area contributed by atoms with Gasteiger partial charge in [0.05, 0.1) is 9.21 Å². The SMILES string of the molecule is N/N=C(\NN)c1sc(Cl)cc1C1CC1. The molecular weight excluding hydrogens is 220 g/mol. The minimum Gasteiger partial charge on any atom is -0.321 e. The lowest BCUT2D eigenvalue weighted by Crippen LogP contribution is -2.32. The predicted octanol–water partition coefficient (Wildman–Crippen LogP) is 1.36. The Balaban J connectivity index is 2.39. The highest BCUT2D eigenvalue weighted by Crippen LogP contribution is 2.45. The van der Waals surface area contributed by atoms with Gasteiger partial charge in [0.2, 0.25) is 0 Å². The van der Waals surface area contributed by atoms with E-state index < -0.39 is 0 Å². The first-order chi connectivity index (χ1) is 6.76. The molecule has 0 unspecified atom stereocenters. The van der Waals surface area contributed by atoms with Gasteiger partial charge >= 0.3 is 0 Å². The molecule has 0 amide bonds. The fraction of sp³-hybridized carbons (Fsp3) is 0.375. The average Bonchev–Trinajstić information content (AvgIpc) is 2.94. The van der Waals surface area contributed by atoms with Gasteiger partial charge in [0, 0.05) is 0 Å². The van der Waals surface area contributed by atoms with Gasteiger partial charge in [-0.25, -0.2) is 5.84 Å². The number of nitrogens with two attached hydrogens (primary N) is 2. The molecule has 1 aromatic heterocycles. The molecule has 1 fully saturated rings. The number of hydrogen-bond acceptors (Lipinski definition) is 4. The summed E-state index contributed by atoms with van der Waals surface area (Å²) in [6, 6.07) is 1.97. The molecule has 0 aliphatic heterocycles. The van der Waals surface area contributed by atoms with Gasteiger partial charge in [-0.3, -0.25) is 0 Å². The maximum Gasteiger partial charge on any atom is 0.177 e. The predicted molar refractivity (Wildman–Crippen MR) is 59.4 cm³/mol. The van der Waals surface area contributed by atoms with E-state index >= 15 is 0 Å². The molecule has 4 nitrogen and oxygen atoms in total. The summed E-state index contributed by atoms with van der Waals surface area (Å²) in [4.78, 5) is 0.961. The van der Waals surface area contributed by atoms with Crippen molar-refractivity contribution in [3.63, 3.8) is 0 Å². The average molecular weight is 231 g/mol. The van der Waals surface area contributed by atoms with Crippen LogP contribution in [0.15, 0.2) is 11.2 Å². The number of nitrogens with one attached hydrogen (secondary N) is 1. The summed E-state index contributed by atoms with van der Waals surface area (Å²) >= 11 is 7.40. The van der Waals surface area contributed by atoms with E-state index in [1.54, 1.807) is 0 Å². The van der Waals surface area contributed by atoms with Crippen molar-refractivity contribution in [3.05, 3.63) is 20.8 Å². The number of halogens is 1. The molecule has 1 aliphatic rings. The molecule has 5 N–H and O–H groups in total. The van der Waals surface area contributed by atoms with Gasteiger partial charge in [0.25, 0.3) is 0 Å². The van der Waals surface area contributed by atoms with E-state index in [0.29, 0.717) is 11.8 Å². The van der Waals surface area contributed by atoms with Gasteiger partial charge < -0.3 is 11.3 Å². The monoisotopic (exact) mass is 230 g/mol. The molecule has 0 aromatic carbocycles. The van der Waals surface area contributed by atoms with Crippen LogP contribution in [-0.4, -0.2) is 5.84 Å². The van der Waals surface area contributed by atoms with E-state index in [1.165, 1.54) is 29.7 Å². The van der Waals surface area contributed by atoms with Crippen molar-refractivity contribution >= 4 is 28.8 Å². The summed E-state index contributed by atoms with van der Waals surface area (Å²) in [5.74, 6) is 11.7. The van der Waals surface area contributed by atoms with E-state index in [-0.39, 0.29) is 0 Å². The van der Waals surface area contributed by atoms with Gasteiger partial charge in [-0.15, -0.1) is 11.3 Å². The third kappa shape index (κ3) is 1.70. The Labute approximate surface area is 90.9 Å². The third-order valence-corrected chi connectivity index (χ3v) is 3.52. The lowest BCUT2D eigenvalue weighted by Gasteiger charge is -2.03. The van der Waals surface area contributed by atoms with Gasteiger partial charge in [-0.1, -0.05) is 11.6 Å². The lowest BCUT2D eigenvalue weighted by molar-refractivity contribution is 1.00. The smallest absolute Gasteiger partial charge is 0.177 e. The summed E-state index contributed by atoms with van der Waals surface area (Å²) in [6.07, 6.45) is 2.42. The number of thiophene rings is 1. The summed E-state index contributed by atoms with van der Waals surface area (Å²) in [6.45, 7) is 0. The van der Waals surface area contributed by atoms with Crippen LogP contribution >= 0.6 is 22.9 Å². The Morgan fingerprint density at radius 1 is 1.64 bits per heavy atom. The molecule has 0 radical (unpaired) electrons. The fourth-order valence-corrected chi connectivity index (χ4v) is 2.70. The number of amidine groups is 1. The van der Waals surface area contributed by atoms with E-state index in [1.807, 2.05) is 6.07 Å². The summed E-state index contributed by atoms with van der Waals surface area (Å²) in [5.41, 5.74) is 3.69. The normalized spacial score (nSPS) is 17.1. The van der Waals surface area contributed by atoms with Crippen molar-refractivity contribution in [2.24, 2.45) is 16.8 Å². The van der Waals surface area contributed by atoms with Gasteiger partial charge in [0.15, 0.2) is 5.84 Å². The zero-order valence-electron chi connectivity index (χ0n) is 7.46. The first kappa shape index (κ1) is 9.76. The van der Waals surface area contributed by atoms with Crippen molar-refractivity contribution < 1.29 is 0 Å². The van der Waals surface area contributed by atoms with E-state index in [2.05, 4.69) is 10.5 Å². The molecule has 0 atom stereocenters. The number of hydrazine groups is 1. The van der Waals surface area contributed by atoms with Crippen LogP contribution in [0.3, 0.4) is 0 Å². The van der Waals surface area contributed by atoms with Crippen molar-refractivity contribution in [3.8, 4) is 0 Å². The summed E-state index contributed by atoms with van der Waals surface area (Å²) in [5, 5.41) is 3.59. The third-order valence-electron chi connectivity index (χ3n) is 2.23. The Hall–Kier alpha value is -0.780. The quantitative estimate of drug-likeness (QED) is 0.311. The molecule has 1 saturated carbocycles. The van der Waals surface area contributed by atoms with Crippen molar-refractivity contribution in [2.45, 2.75) is 18.8 Å². The first-order valence-electron chi connectivity index (χ1n) is 4.30. The molecule has 14 heavy (non-hydrogen) atoms. The highest BCUT2D eigenvalue weighted by molar-refractivity contribution is 7.18. The molecule has 2 rings (SSSR count). The molecule has 0 saturated heterocycles. The fourth-order valence-electron chi connectivity index (χ4n) is 1.42. The Kier molecular flexibility index (Phi) is 2.62. The first-order valence-corrected chi connectivity index (χ1v) is 5.49. The number of hydrazone groups is 1. The second-order valence-corrected chi connectivity index (χ2v) is 4.91. The Morgan fingerprint density at radius 3 is 2.86 bits per heavy atom. The van der Waals surface area contributed by atoms with Crippen LogP contribution in [0.2, 0.25) is 4.34 Å². The minimum absolute atomic E-state index is 0.504. The van der Waals surface area contributed by atoms with Crippen molar-refractivity contribution in [2.75, 3.05) is 0 Å². The van der Waals surface area contributed by atoms with Crippen LogP contribution in [0, 0.1) is 0 Å². The van der Waals surface area contributed by atoms with Gasteiger partial charge in [0.1, 0.15) is 0 Å². The van der Waals surface area contributed by atoms with Crippen LogP contribution in [-0.2, 0) is 0 Å². The number of nitrogens with zero attached hydrogens (tertiary/aromatic N) is 1. The van der Waals surface area contributed by atoms with Crippen molar-refractivity contribution in [1.29, 1.82) is 0 Å². The second kappa shape index (κ2) is 3.76. The van der Waals surface area contributed by atoms with Crippen LogP contribution in [0.25, 0.3) is 0 Å². The van der Waals surface area contributed by atoms with Crippen LogP contribution < -0.4 is 17.1 Å². The van der Waals surface area contributed by atoms with Crippen LogP contribution in [0.5, 0.6) is 0 Å². The van der Waals surface area contributed by atoms with Crippen LogP contribution in [0.4, 0.5) is 0 Å². The zero-order valence-corrected chi connectivity index (χ0v) is 9.03.